The van der Waals surface area contributed by atoms with Crippen molar-refractivity contribution >= 4 is 34.5 Å². The number of aromatic nitrogens is 4. The predicted octanol–water partition coefficient (Wildman–Crippen LogP) is 4.09. The molecule has 4 aromatic rings. The van der Waals surface area contributed by atoms with Gasteiger partial charge in [-0.2, -0.15) is 9.97 Å². The Balaban J connectivity index is 1.46. The number of likely N-dealkylation sites (tertiary alicyclic amines) is 1. The highest BCUT2D eigenvalue weighted by Gasteiger charge is 2.25. The summed E-state index contributed by atoms with van der Waals surface area (Å²) in [5.41, 5.74) is 4.36. The quantitative estimate of drug-likeness (QED) is 0.365. The van der Waals surface area contributed by atoms with Crippen LogP contribution in [0, 0.1) is 5.82 Å². The van der Waals surface area contributed by atoms with Crippen molar-refractivity contribution in [3.05, 3.63) is 65.7 Å². The van der Waals surface area contributed by atoms with E-state index in [1.54, 1.807) is 24.0 Å². The van der Waals surface area contributed by atoms with Crippen LogP contribution in [0.4, 0.5) is 21.8 Å². The molecule has 0 radical (unpaired) electrons. The van der Waals surface area contributed by atoms with Crippen molar-refractivity contribution in [3.63, 3.8) is 0 Å². The van der Waals surface area contributed by atoms with E-state index in [1.165, 1.54) is 12.1 Å². The summed E-state index contributed by atoms with van der Waals surface area (Å²) in [6.07, 6.45) is 3.68. The first-order chi connectivity index (χ1) is 19.9. The number of benzene rings is 2. The summed E-state index contributed by atoms with van der Waals surface area (Å²) in [4.78, 5) is 31.5. The lowest BCUT2D eigenvalue weighted by Gasteiger charge is -2.32. The molecule has 0 bridgehead atoms. The van der Waals surface area contributed by atoms with Crippen molar-refractivity contribution in [1.82, 2.24) is 29.7 Å². The van der Waals surface area contributed by atoms with Crippen molar-refractivity contribution in [1.29, 1.82) is 0 Å². The zero-order valence-electron chi connectivity index (χ0n) is 23.6. The molecule has 2 saturated heterocycles. The Morgan fingerprint density at radius 2 is 1.93 bits per heavy atom. The Hall–Kier alpha value is -4.09. The number of anilines is 3. The second kappa shape index (κ2) is 11.4. The molecule has 1 unspecified atom stereocenters. The van der Waals surface area contributed by atoms with Gasteiger partial charge in [0.2, 0.25) is 5.95 Å². The van der Waals surface area contributed by atoms with Gasteiger partial charge in [-0.05, 0) is 87.8 Å². The zero-order valence-corrected chi connectivity index (χ0v) is 23.6. The van der Waals surface area contributed by atoms with E-state index in [9.17, 15) is 9.18 Å². The van der Waals surface area contributed by atoms with E-state index in [1.807, 2.05) is 31.2 Å². The minimum Gasteiger partial charge on any atom is -0.375 e. The van der Waals surface area contributed by atoms with E-state index in [2.05, 4.69) is 32.5 Å². The first-order valence-electron chi connectivity index (χ1n) is 14.1. The summed E-state index contributed by atoms with van der Waals surface area (Å²) in [6.45, 7) is 5.90. The SMILES string of the molecule is CNC(=O)c1ccc(Nc2nc(N3CCOC(C)C3)nc3c2ncn3-c2cccc(F)c2)c(C2CCN(C)CC2)c1. The second-order valence-corrected chi connectivity index (χ2v) is 10.8. The Morgan fingerprint density at radius 3 is 2.68 bits per heavy atom. The van der Waals surface area contributed by atoms with Crippen LogP contribution in [0.1, 0.15) is 41.6 Å². The van der Waals surface area contributed by atoms with Crippen LogP contribution in [-0.4, -0.2) is 83.3 Å². The predicted molar refractivity (Wildman–Crippen MR) is 157 cm³/mol. The molecule has 11 heteroatoms. The molecule has 0 spiro atoms. The maximum Gasteiger partial charge on any atom is 0.251 e. The molecule has 0 saturated carbocycles. The molecular formula is C30H35FN8O2. The van der Waals surface area contributed by atoms with Gasteiger partial charge in [-0.25, -0.2) is 9.37 Å². The van der Waals surface area contributed by atoms with Crippen molar-refractivity contribution in [2.45, 2.75) is 31.8 Å². The monoisotopic (exact) mass is 558 g/mol. The summed E-state index contributed by atoms with van der Waals surface area (Å²) in [5.74, 6) is 0.947. The number of carbonyl (C=O) groups excluding carboxylic acids is 1. The normalized spacial score (nSPS) is 18.5. The Labute approximate surface area is 238 Å². The van der Waals surface area contributed by atoms with Gasteiger partial charge in [0.1, 0.15) is 12.1 Å². The van der Waals surface area contributed by atoms with Gasteiger partial charge in [0.25, 0.3) is 5.91 Å². The van der Waals surface area contributed by atoms with Crippen molar-refractivity contribution in [3.8, 4) is 5.69 Å². The molecular weight excluding hydrogens is 523 g/mol. The highest BCUT2D eigenvalue weighted by Crippen LogP contribution is 2.36. The molecule has 2 aromatic carbocycles. The lowest BCUT2D eigenvalue weighted by Crippen LogP contribution is -2.42. The molecule has 2 aromatic heterocycles. The summed E-state index contributed by atoms with van der Waals surface area (Å²) in [7, 11) is 3.78. The standard InChI is InChI=1S/C30H35FN8O2/c1-19-17-38(13-14-41-19)30-35-27(26-28(36-30)39(18-33-26)23-6-4-5-22(31)16-23)34-25-8-7-21(29(40)32-2)15-24(25)20-9-11-37(3)12-10-20/h4-8,15-16,18-20H,9-14,17H2,1-3H3,(H,32,40)(H,34,35,36). The Bertz CT molecular complexity index is 1570. The number of amides is 1. The maximum atomic E-state index is 14.2. The van der Waals surface area contributed by atoms with Crippen LogP contribution in [-0.2, 0) is 4.74 Å². The molecule has 6 rings (SSSR count). The van der Waals surface area contributed by atoms with Gasteiger partial charge in [-0.3, -0.25) is 9.36 Å². The van der Waals surface area contributed by atoms with Crippen molar-refractivity contribution in [2.75, 3.05) is 57.1 Å². The summed E-state index contributed by atoms with van der Waals surface area (Å²) in [5, 5.41) is 6.31. The van der Waals surface area contributed by atoms with Gasteiger partial charge in [-0.1, -0.05) is 6.07 Å². The lowest BCUT2D eigenvalue weighted by molar-refractivity contribution is 0.0526. The molecule has 10 nitrogen and oxygen atoms in total. The smallest absolute Gasteiger partial charge is 0.251 e. The fraction of sp³-hybridized carbons (Fsp3) is 0.400. The average Bonchev–Trinajstić information content (AvgIpc) is 3.42. The number of hydrogen-bond donors (Lipinski definition) is 2. The molecule has 1 amide bonds. The van der Waals surface area contributed by atoms with E-state index in [0.29, 0.717) is 59.8 Å². The number of nitrogens with one attached hydrogen (secondary N) is 2. The molecule has 214 valence electrons. The van der Waals surface area contributed by atoms with Crippen LogP contribution >= 0.6 is 0 Å². The van der Waals surface area contributed by atoms with Crippen LogP contribution in [0.2, 0.25) is 0 Å². The molecule has 2 aliphatic heterocycles. The van der Waals surface area contributed by atoms with E-state index in [4.69, 9.17) is 14.7 Å². The number of ether oxygens (including phenoxy) is 1. The van der Waals surface area contributed by atoms with Crippen LogP contribution in [0.5, 0.6) is 0 Å². The van der Waals surface area contributed by atoms with Crippen molar-refractivity contribution < 1.29 is 13.9 Å². The van der Waals surface area contributed by atoms with Gasteiger partial charge in [0.05, 0.1) is 18.4 Å². The van der Waals surface area contributed by atoms with Gasteiger partial charge in [0.15, 0.2) is 17.0 Å². The van der Waals surface area contributed by atoms with E-state index in [-0.39, 0.29) is 17.8 Å². The third-order valence-electron chi connectivity index (χ3n) is 7.95. The minimum atomic E-state index is -0.335. The maximum absolute atomic E-state index is 14.2. The molecule has 2 N–H and O–H groups in total. The van der Waals surface area contributed by atoms with Gasteiger partial charge in [0, 0.05) is 31.4 Å². The van der Waals surface area contributed by atoms with Crippen LogP contribution in [0.25, 0.3) is 16.9 Å². The van der Waals surface area contributed by atoms with Crippen LogP contribution < -0.4 is 15.5 Å². The molecule has 4 heterocycles. The van der Waals surface area contributed by atoms with Crippen LogP contribution in [0.3, 0.4) is 0 Å². The van der Waals surface area contributed by atoms with E-state index < -0.39 is 0 Å². The number of fused-ring (bicyclic) bond motifs is 1. The fourth-order valence-electron chi connectivity index (χ4n) is 5.68. The summed E-state index contributed by atoms with van der Waals surface area (Å²) in [6, 6.07) is 12.1. The summed E-state index contributed by atoms with van der Waals surface area (Å²) >= 11 is 0. The second-order valence-electron chi connectivity index (χ2n) is 10.8. The van der Waals surface area contributed by atoms with E-state index >= 15 is 0 Å². The Morgan fingerprint density at radius 1 is 1.10 bits per heavy atom. The molecule has 41 heavy (non-hydrogen) atoms. The topological polar surface area (TPSA) is 100 Å². The number of carbonyl (C=O) groups is 1. The first kappa shape index (κ1) is 27.1. The highest BCUT2D eigenvalue weighted by atomic mass is 19.1. The number of rotatable bonds is 6. The third kappa shape index (κ3) is 5.59. The molecule has 2 aliphatic rings. The highest BCUT2D eigenvalue weighted by molar-refractivity contribution is 5.95. The van der Waals surface area contributed by atoms with Gasteiger partial charge >= 0.3 is 0 Å². The van der Waals surface area contributed by atoms with E-state index in [0.717, 1.165) is 37.2 Å². The summed E-state index contributed by atoms with van der Waals surface area (Å²) < 4.78 is 21.7. The molecule has 0 aliphatic carbocycles. The lowest BCUT2D eigenvalue weighted by atomic mass is 9.87. The zero-order chi connectivity index (χ0) is 28.5. The minimum absolute atomic E-state index is 0.0425. The van der Waals surface area contributed by atoms with Gasteiger partial charge < -0.3 is 25.2 Å². The number of imidazole rings is 1. The van der Waals surface area contributed by atoms with Gasteiger partial charge in [-0.15, -0.1) is 0 Å². The molecule has 1 atom stereocenters. The molecule has 2 fully saturated rings. The Kier molecular flexibility index (Phi) is 7.55. The fourth-order valence-corrected chi connectivity index (χ4v) is 5.68. The van der Waals surface area contributed by atoms with Crippen molar-refractivity contribution in [2.24, 2.45) is 0 Å². The number of hydrogen-bond acceptors (Lipinski definition) is 8. The number of piperidine rings is 1. The number of halogens is 1. The number of nitrogens with zero attached hydrogens (tertiary/aromatic N) is 6. The largest absolute Gasteiger partial charge is 0.375 e. The number of morpholine rings is 1. The van der Waals surface area contributed by atoms with Crippen LogP contribution in [0.15, 0.2) is 48.8 Å². The average molecular weight is 559 g/mol. The first-order valence-corrected chi connectivity index (χ1v) is 14.1. The third-order valence-corrected chi connectivity index (χ3v) is 7.95.